The van der Waals surface area contributed by atoms with Crippen LogP contribution >= 0.6 is 0 Å². The summed E-state index contributed by atoms with van der Waals surface area (Å²) in [5, 5.41) is 10.2. The number of rotatable bonds is 6. The zero-order chi connectivity index (χ0) is 17.0. The van der Waals surface area contributed by atoms with Crippen LogP contribution in [0.4, 0.5) is 5.69 Å². The predicted octanol–water partition coefficient (Wildman–Crippen LogP) is 3.63. The Morgan fingerprint density at radius 2 is 1.64 bits per heavy atom. The molecule has 0 aromatic heterocycles. The summed E-state index contributed by atoms with van der Waals surface area (Å²) < 4.78 is 5.66. The molecule has 0 bridgehead atoms. The van der Waals surface area contributed by atoms with Gasteiger partial charge in [-0.1, -0.05) is 34.6 Å². The van der Waals surface area contributed by atoms with Crippen LogP contribution in [0.25, 0.3) is 0 Å². The van der Waals surface area contributed by atoms with Crippen LogP contribution < -0.4 is 9.64 Å². The summed E-state index contributed by atoms with van der Waals surface area (Å²) in [6.45, 7) is 9.88. The van der Waals surface area contributed by atoms with E-state index in [1.807, 2.05) is 58.9 Å². The standard InChI is InChI=1S/C18H29NO3/c1-7-18(21,8-2)13-22-15-11-9-14(10-12-15)19(6)16(20)17(3,4)5/h9-12,21H,7-8,13H2,1-6H3. The number of carbonyl (C=O) groups excluding carboxylic acids is 1. The molecule has 1 aromatic rings. The van der Waals surface area contributed by atoms with Crippen LogP contribution in [0, 0.1) is 5.41 Å². The molecular formula is C18H29NO3. The second-order valence-corrected chi connectivity index (χ2v) is 6.83. The lowest BCUT2D eigenvalue weighted by molar-refractivity contribution is -0.125. The molecule has 0 saturated heterocycles. The van der Waals surface area contributed by atoms with E-state index >= 15 is 0 Å². The van der Waals surface area contributed by atoms with Gasteiger partial charge in [0.15, 0.2) is 0 Å². The van der Waals surface area contributed by atoms with E-state index in [-0.39, 0.29) is 12.5 Å². The average Bonchev–Trinajstić information content (AvgIpc) is 2.50. The Labute approximate surface area is 134 Å². The zero-order valence-corrected chi connectivity index (χ0v) is 14.6. The summed E-state index contributed by atoms with van der Waals surface area (Å²) in [7, 11) is 1.77. The number of hydrogen-bond acceptors (Lipinski definition) is 3. The molecule has 1 aromatic carbocycles. The summed E-state index contributed by atoms with van der Waals surface area (Å²) in [6, 6.07) is 7.37. The first-order valence-corrected chi connectivity index (χ1v) is 7.86. The van der Waals surface area contributed by atoms with Crippen LogP contribution in [-0.4, -0.2) is 30.3 Å². The van der Waals surface area contributed by atoms with Crippen LogP contribution in [0.1, 0.15) is 47.5 Å². The lowest BCUT2D eigenvalue weighted by Gasteiger charge is -2.27. The van der Waals surface area contributed by atoms with Crippen LogP contribution in [-0.2, 0) is 4.79 Å². The van der Waals surface area contributed by atoms with Crippen molar-refractivity contribution in [2.24, 2.45) is 5.41 Å². The number of ether oxygens (including phenoxy) is 1. The number of hydrogen-bond donors (Lipinski definition) is 1. The SMILES string of the molecule is CCC(O)(CC)COc1ccc(N(C)C(=O)C(C)(C)C)cc1. The molecule has 0 aliphatic heterocycles. The first-order valence-electron chi connectivity index (χ1n) is 7.86. The molecule has 0 spiro atoms. The van der Waals surface area contributed by atoms with E-state index in [9.17, 15) is 9.90 Å². The quantitative estimate of drug-likeness (QED) is 0.873. The van der Waals surface area contributed by atoms with Gasteiger partial charge in [-0.15, -0.1) is 0 Å². The summed E-state index contributed by atoms with van der Waals surface area (Å²) in [4.78, 5) is 13.9. The van der Waals surface area contributed by atoms with Gasteiger partial charge in [0.25, 0.3) is 0 Å². The highest BCUT2D eigenvalue weighted by atomic mass is 16.5. The molecule has 0 atom stereocenters. The molecule has 0 saturated carbocycles. The lowest BCUT2D eigenvalue weighted by atomic mass is 9.95. The van der Waals surface area contributed by atoms with Gasteiger partial charge in [-0.3, -0.25) is 4.79 Å². The van der Waals surface area contributed by atoms with E-state index in [1.54, 1.807) is 11.9 Å². The molecule has 1 N–H and O–H groups in total. The van der Waals surface area contributed by atoms with E-state index < -0.39 is 11.0 Å². The Hall–Kier alpha value is -1.55. The van der Waals surface area contributed by atoms with Crippen LogP contribution in [0.15, 0.2) is 24.3 Å². The molecule has 1 rings (SSSR count). The molecule has 0 fully saturated rings. The number of carbonyl (C=O) groups is 1. The number of amides is 1. The van der Waals surface area contributed by atoms with Gasteiger partial charge < -0.3 is 14.7 Å². The van der Waals surface area contributed by atoms with E-state index in [2.05, 4.69) is 0 Å². The van der Waals surface area contributed by atoms with Crippen LogP contribution in [0.5, 0.6) is 5.75 Å². The number of benzene rings is 1. The molecule has 124 valence electrons. The van der Waals surface area contributed by atoms with Gasteiger partial charge in [0.1, 0.15) is 12.4 Å². The van der Waals surface area contributed by atoms with Crippen molar-refractivity contribution in [1.29, 1.82) is 0 Å². The molecule has 4 nitrogen and oxygen atoms in total. The Morgan fingerprint density at radius 1 is 1.14 bits per heavy atom. The third-order valence-corrected chi connectivity index (χ3v) is 3.99. The molecular weight excluding hydrogens is 278 g/mol. The third kappa shape index (κ3) is 4.73. The fraction of sp³-hybridized carbons (Fsp3) is 0.611. The van der Waals surface area contributed by atoms with Crippen molar-refractivity contribution in [1.82, 2.24) is 0 Å². The van der Waals surface area contributed by atoms with Crippen molar-refractivity contribution in [3.05, 3.63) is 24.3 Å². The maximum atomic E-state index is 12.2. The number of anilines is 1. The minimum absolute atomic E-state index is 0.0625. The van der Waals surface area contributed by atoms with Crippen molar-refractivity contribution >= 4 is 11.6 Å². The first kappa shape index (κ1) is 18.5. The van der Waals surface area contributed by atoms with Gasteiger partial charge in [0.05, 0.1) is 5.60 Å². The van der Waals surface area contributed by atoms with Gasteiger partial charge in [-0.2, -0.15) is 0 Å². The minimum atomic E-state index is -0.780. The third-order valence-electron chi connectivity index (χ3n) is 3.99. The second-order valence-electron chi connectivity index (χ2n) is 6.83. The number of aliphatic hydroxyl groups is 1. The fourth-order valence-corrected chi connectivity index (χ4v) is 2.06. The number of nitrogens with zero attached hydrogens (tertiary/aromatic N) is 1. The Morgan fingerprint density at radius 3 is 2.05 bits per heavy atom. The molecule has 4 heteroatoms. The van der Waals surface area contributed by atoms with E-state index in [4.69, 9.17) is 4.74 Å². The van der Waals surface area contributed by atoms with Gasteiger partial charge in [-0.05, 0) is 37.1 Å². The maximum absolute atomic E-state index is 12.2. The molecule has 0 aliphatic carbocycles. The lowest BCUT2D eigenvalue weighted by Crippen LogP contribution is -2.36. The van der Waals surface area contributed by atoms with E-state index in [0.717, 1.165) is 5.69 Å². The summed E-state index contributed by atoms with van der Waals surface area (Å²) in [5.74, 6) is 0.758. The fourth-order valence-electron chi connectivity index (χ4n) is 2.06. The van der Waals surface area contributed by atoms with E-state index in [0.29, 0.717) is 18.6 Å². The highest BCUT2D eigenvalue weighted by Gasteiger charge is 2.26. The zero-order valence-electron chi connectivity index (χ0n) is 14.6. The molecule has 1 amide bonds. The average molecular weight is 307 g/mol. The van der Waals surface area contributed by atoms with Gasteiger partial charge in [0, 0.05) is 18.2 Å². The van der Waals surface area contributed by atoms with Crippen molar-refractivity contribution in [2.45, 2.75) is 53.1 Å². The first-order chi connectivity index (χ1) is 10.1. The normalized spacial score (nSPS) is 12.1. The van der Waals surface area contributed by atoms with Gasteiger partial charge >= 0.3 is 0 Å². The van der Waals surface area contributed by atoms with Gasteiger partial charge in [0.2, 0.25) is 5.91 Å². The van der Waals surface area contributed by atoms with E-state index in [1.165, 1.54) is 0 Å². The summed E-state index contributed by atoms with van der Waals surface area (Å²) >= 11 is 0. The highest BCUT2D eigenvalue weighted by Crippen LogP contribution is 2.25. The molecule has 0 radical (unpaired) electrons. The van der Waals surface area contributed by atoms with Gasteiger partial charge in [-0.25, -0.2) is 0 Å². The summed E-state index contributed by atoms with van der Waals surface area (Å²) in [6.07, 6.45) is 1.31. The highest BCUT2D eigenvalue weighted by molar-refractivity contribution is 5.96. The monoisotopic (exact) mass is 307 g/mol. The maximum Gasteiger partial charge on any atom is 0.232 e. The molecule has 0 heterocycles. The Bertz CT molecular complexity index is 484. The van der Waals surface area contributed by atoms with Crippen molar-refractivity contribution in [2.75, 3.05) is 18.6 Å². The molecule has 0 unspecified atom stereocenters. The Kier molecular flexibility index (Phi) is 6.00. The minimum Gasteiger partial charge on any atom is -0.491 e. The van der Waals surface area contributed by atoms with Crippen LogP contribution in [0.2, 0.25) is 0 Å². The van der Waals surface area contributed by atoms with Crippen molar-refractivity contribution in [3.8, 4) is 5.75 Å². The predicted molar refractivity (Wildman–Crippen MR) is 90.3 cm³/mol. The smallest absolute Gasteiger partial charge is 0.232 e. The van der Waals surface area contributed by atoms with Crippen molar-refractivity contribution < 1.29 is 14.6 Å². The van der Waals surface area contributed by atoms with Crippen molar-refractivity contribution in [3.63, 3.8) is 0 Å². The molecule has 22 heavy (non-hydrogen) atoms. The van der Waals surface area contributed by atoms with Crippen LogP contribution in [0.3, 0.4) is 0 Å². The molecule has 0 aliphatic rings. The Balaban J connectivity index is 2.73. The topological polar surface area (TPSA) is 49.8 Å². The summed E-state index contributed by atoms with van der Waals surface area (Å²) in [5.41, 5.74) is -0.367. The largest absolute Gasteiger partial charge is 0.491 e. The second kappa shape index (κ2) is 7.14.